The molecule has 0 aromatic heterocycles. The number of nitrogens with zero attached hydrogens (tertiary/aromatic N) is 2. The van der Waals surface area contributed by atoms with Crippen molar-refractivity contribution in [2.24, 2.45) is 5.73 Å². The number of carbonyl (C=O) groups excluding carboxylic acids is 2. The van der Waals surface area contributed by atoms with Crippen molar-refractivity contribution in [3.8, 4) is 6.07 Å². The zero-order valence-corrected chi connectivity index (χ0v) is 18.7. The maximum atomic E-state index is 15.1. The predicted molar refractivity (Wildman–Crippen MR) is 116 cm³/mol. The van der Waals surface area contributed by atoms with Gasteiger partial charge in [-0.05, 0) is 11.6 Å². The standard InChI is InChI=1S/C22H15Cl2F2N3O4/c1-32-21(30)15-14(10-6-4-3-5-7-10)11(9-27)20(28)29(19(15)22(31)33-2)13-8-12(23)17(25)16(24)18(13)26/h3-8,14H,28H2,1-2H3. The number of nitrogens with two attached hydrogens (primary N) is 1. The Balaban J connectivity index is 2.49. The largest absolute Gasteiger partial charge is 0.466 e. The molecular weight excluding hydrogens is 479 g/mol. The van der Waals surface area contributed by atoms with Crippen LogP contribution in [0.1, 0.15) is 11.5 Å². The molecule has 1 aliphatic heterocycles. The number of hydrogen-bond donors (Lipinski definition) is 1. The minimum Gasteiger partial charge on any atom is -0.466 e. The van der Waals surface area contributed by atoms with Crippen LogP contribution in [0.4, 0.5) is 14.5 Å². The van der Waals surface area contributed by atoms with Gasteiger partial charge in [0.05, 0.1) is 48.1 Å². The summed E-state index contributed by atoms with van der Waals surface area (Å²) in [7, 11) is 2.09. The molecule has 0 bridgehead atoms. The number of carbonyl (C=O) groups is 2. The van der Waals surface area contributed by atoms with Gasteiger partial charge in [-0.15, -0.1) is 0 Å². The van der Waals surface area contributed by atoms with Crippen molar-refractivity contribution < 1.29 is 27.8 Å². The molecule has 1 heterocycles. The van der Waals surface area contributed by atoms with Gasteiger partial charge in [0.25, 0.3) is 0 Å². The third-order valence-corrected chi connectivity index (χ3v) is 5.54. The molecule has 3 rings (SSSR count). The van der Waals surface area contributed by atoms with E-state index in [-0.39, 0.29) is 11.1 Å². The van der Waals surface area contributed by atoms with Crippen LogP contribution in [0.3, 0.4) is 0 Å². The molecule has 2 N–H and O–H groups in total. The fraction of sp³-hybridized carbons (Fsp3) is 0.136. The maximum Gasteiger partial charge on any atom is 0.355 e. The molecule has 1 atom stereocenters. The Labute approximate surface area is 197 Å². The molecule has 33 heavy (non-hydrogen) atoms. The number of esters is 2. The number of halogens is 4. The van der Waals surface area contributed by atoms with Crippen molar-refractivity contribution in [1.82, 2.24) is 0 Å². The van der Waals surface area contributed by atoms with Gasteiger partial charge in [-0.2, -0.15) is 5.26 Å². The second-order valence-corrected chi connectivity index (χ2v) is 7.44. The van der Waals surface area contributed by atoms with Crippen LogP contribution < -0.4 is 10.6 Å². The molecule has 0 aliphatic carbocycles. The first-order valence-corrected chi connectivity index (χ1v) is 9.93. The number of methoxy groups -OCH3 is 2. The lowest BCUT2D eigenvalue weighted by Crippen LogP contribution is -2.41. The zero-order chi connectivity index (χ0) is 24.4. The van der Waals surface area contributed by atoms with Crippen molar-refractivity contribution in [3.63, 3.8) is 0 Å². The fourth-order valence-electron chi connectivity index (χ4n) is 3.49. The summed E-state index contributed by atoms with van der Waals surface area (Å²) in [6.45, 7) is 0. The number of ether oxygens (including phenoxy) is 2. The average Bonchev–Trinajstić information content (AvgIpc) is 2.83. The van der Waals surface area contributed by atoms with E-state index >= 15 is 4.39 Å². The van der Waals surface area contributed by atoms with E-state index in [0.717, 1.165) is 25.2 Å². The van der Waals surface area contributed by atoms with Crippen molar-refractivity contribution in [2.75, 3.05) is 19.1 Å². The molecular formula is C22H15Cl2F2N3O4. The van der Waals surface area contributed by atoms with Crippen molar-refractivity contribution in [2.45, 2.75) is 5.92 Å². The maximum absolute atomic E-state index is 15.1. The van der Waals surface area contributed by atoms with Crippen LogP contribution in [-0.2, 0) is 19.1 Å². The van der Waals surface area contributed by atoms with Crippen LogP contribution in [0, 0.1) is 23.0 Å². The van der Waals surface area contributed by atoms with Crippen molar-refractivity contribution in [3.05, 3.63) is 86.3 Å². The highest BCUT2D eigenvalue weighted by molar-refractivity contribution is 6.35. The molecule has 7 nitrogen and oxygen atoms in total. The number of benzene rings is 2. The second kappa shape index (κ2) is 9.48. The third-order valence-electron chi connectivity index (χ3n) is 4.93. The Hall–Kier alpha value is -3.61. The van der Waals surface area contributed by atoms with Crippen LogP contribution in [0.15, 0.2) is 59.1 Å². The number of allylic oxidation sites excluding steroid dienone is 1. The summed E-state index contributed by atoms with van der Waals surface area (Å²) in [6.07, 6.45) is 0. The summed E-state index contributed by atoms with van der Waals surface area (Å²) >= 11 is 11.6. The van der Waals surface area contributed by atoms with Crippen molar-refractivity contribution >= 4 is 40.8 Å². The summed E-state index contributed by atoms with van der Waals surface area (Å²) in [5, 5.41) is 8.36. The smallest absolute Gasteiger partial charge is 0.355 e. The van der Waals surface area contributed by atoms with Crippen molar-refractivity contribution in [1.29, 1.82) is 5.26 Å². The van der Waals surface area contributed by atoms with Gasteiger partial charge in [-0.25, -0.2) is 18.4 Å². The Kier molecular flexibility index (Phi) is 6.91. The topological polar surface area (TPSA) is 106 Å². The summed E-state index contributed by atoms with van der Waals surface area (Å²) in [5.41, 5.74) is 4.97. The molecule has 0 radical (unpaired) electrons. The van der Waals surface area contributed by atoms with Crippen LogP contribution in [0.5, 0.6) is 0 Å². The lowest BCUT2D eigenvalue weighted by Gasteiger charge is -2.36. The van der Waals surface area contributed by atoms with E-state index in [1.807, 2.05) is 6.07 Å². The Morgan fingerprint density at radius 1 is 1.09 bits per heavy atom. The molecule has 11 heteroatoms. The quantitative estimate of drug-likeness (QED) is 0.387. The number of nitriles is 1. The Bertz CT molecular complexity index is 1260. The van der Waals surface area contributed by atoms with Gasteiger partial charge >= 0.3 is 11.9 Å². The predicted octanol–water partition coefficient (Wildman–Crippen LogP) is 4.17. The van der Waals surface area contributed by atoms with E-state index in [1.54, 1.807) is 30.3 Å². The van der Waals surface area contributed by atoms with Gasteiger partial charge in [0.1, 0.15) is 16.5 Å². The highest BCUT2D eigenvalue weighted by Gasteiger charge is 2.44. The van der Waals surface area contributed by atoms with Gasteiger partial charge in [0.15, 0.2) is 11.6 Å². The van der Waals surface area contributed by atoms with Crippen LogP contribution in [-0.4, -0.2) is 26.2 Å². The molecule has 0 spiro atoms. The van der Waals surface area contributed by atoms with Gasteiger partial charge in [0, 0.05) is 0 Å². The van der Waals surface area contributed by atoms with E-state index in [4.69, 9.17) is 38.4 Å². The second-order valence-electron chi connectivity index (χ2n) is 6.65. The number of hydrogen-bond acceptors (Lipinski definition) is 7. The van der Waals surface area contributed by atoms with E-state index in [1.165, 1.54) is 0 Å². The molecule has 0 amide bonds. The molecule has 0 saturated carbocycles. The first kappa shape index (κ1) is 24.0. The normalized spacial score (nSPS) is 15.9. The molecule has 170 valence electrons. The van der Waals surface area contributed by atoms with E-state index in [9.17, 15) is 19.2 Å². The fourth-order valence-corrected chi connectivity index (χ4v) is 3.93. The first-order valence-electron chi connectivity index (χ1n) is 9.18. The number of anilines is 1. The summed E-state index contributed by atoms with van der Waals surface area (Å²) in [6, 6.07) is 10.9. The Morgan fingerprint density at radius 2 is 1.70 bits per heavy atom. The molecule has 2 aromatic carbocycles. The van der Waals surface area contributed by atoms with Crippen LogP contribution >= 0.6 is 23.2 Å². The highest BCUT2D eigenvalue weighted by Crippen LogP contribution is 2.45. The average molecular weight is 494 g/mol. The monoisotopic (exact) mass is 493 g/mol. The van der Waals surface area contributed by atoms with Gasteiger partial charge < -0.3 is 15.2 Å². The van der Waals surface area contributed by atoms with E-state index in [0.29, 0.717) is 5.56 Å². The van der Waals surface area contributed by atoms with Gasteiger partial charge in [-0.1, -0.05) is 53.5 Å². The minimum absolute atomic E-state index is 0.203. The third kappa shape index (κ3) is 3.99. The molecule has 1 unspecified atom stereocenters. The minimum atomic E-state index is -1.33. The highest BCUT2D eigenvalue weighted by atomic mass is 35.5. The molecule has 0 fully saturated rings. The zero-order valence-electron chi connectivity index (χ0n) is 17.2. The summed E-state index contributed by atoms with van der Waals surface area (Å²) < 4.78 is 38.8. The molecule has 1 aliphatic rings. The molecule has 2 aromatic rings. The Morgan fingerprint density at radius 3 is 2.24 bits per heavy atom. The number of rotatable bonds is 4. The SMILES string of the molecule is COC(=O)C1=C(C(=O)OC)N(c2cc(Cl)c(F)c(Cl)c2F)C(N)=C(C#N)C1c1ccccc1. The van der Waals surface area contributed by atoms with Crippen LogP contribution in [0.2, 0.25) is 10.0 Å². The first-order chi connectivity index (χ1) is 15.7. The van der Waals surface area contributed by atoms with E-state index in [2.05, 4.69) is 0 Å². The van der Waals surface area contributed by atoms with Gasteiger partial charge in [0.2, 0.25) is 0 Å². The van der Waals surface area contributed by atoms with E-state index < -0.39 is 56.7 Å². The summed E-state index contributed by atoms with van der Waals surface area (Å²) in [4.78, 5) is 26.5. The lowest BCUT2D eigenvalue weighted by atomic mass is 9.81. The van der Waals surface area contributed by atoms with Crippen LogP contribution in [0.25, 0.3) is 0 Å². The summed E-state index contributed by atoms with van der Waals surface area (Å²) in [5.74, 6) is -6.25. The van der Waals surface area contributed by atoms with Gasteiger partial charge in [-0.3, -0.25) is 4.90 Å². The lowest BCUT2D eigenvalue weighted by molar-refractivity contribution is -0.139. The molecule has 0 saturated heterocycles.